The summed E-state index contributed by atoms with van der Waals surface area (Å²) >= 11 is 9.50. The van der Waals surface area contributed by atoms with Gasteiger partial charge < -0.3 is 9.47 Å². The predicted molar refractivity (Wildman–Crippen MR) is 63.1 cm³/mol. The number of ether oxygens (including phenoxy) is 2. The molecule has 0 aromatic heterocycles. The molecule has 0 N–H and O–H groups in total. The average molecular weight is 248 g/mol. The van der Waals surface area contributed by atoms with Crippen LogP contribution in [-0.2, 0) is 19.1 Å². The molecule has 6 heteroatoms. The van der Waals surface area contributed by atoms with Crippen molar-refractivity contribution in [1.29, 1.82) is 0 Å². The molecule has 0 heterocycles. The van der Waals surface area contributed by atoms with Crippen molar-refractivity contribution in [2.75, 3.05) is 13.2 Å². The van der Waals surface area contributed by atoms with Gasteiger partial charge in [-0.2, -0.15) is 0 Å². The molecule has 4 nitrogen and oxygen atoms in total. The van der Waals surface area contributed by atoms with Crippen LogP contribution in [0.25, 0.3) is 0 Å². The number of esters is 2. The maximum atomic E-state index is 11.1. The monoisotopic (exact) mass is 248 g/mol. The fourth-order valence-electron chi connectivity index (χ4n) is 0.713. The lowest BCUT2D eigenvalue weighted by Crippen LogP contribution is -2.23. The molecule has 0 unspecified atom stereocenters. The summed E-state index contributed by atoms with van der Waals surface area (Å²) in [6.45, 7) is 3.82. The Morgan fingerprint density at radius 1 is 0.933 bits per heavy atom. The lowest BCUT2D eigenvalue weighted by Gasteiger charge is -2.04. The highest BCUT2D eigenvalue weighted by molar-refractivity contribution is 7.84. The lowest BCUT2D eigenvalue weighted by molar-refractivity contribution is -0.135. The summed E-state index contributed by atoms with van der Waals surface area (Å²) in [7, 11) is 0. The smallest absolute Gasteiger partial charge is 0.345 e. The van der Waals surface area contributed by atoms with E-state index < -0.39 is 11.9 Å². The van der Waals surface area contributed by atoms with Gasteiger partial charge in [-0.3, -0.25) is 0 Å². The molecule has 0 spiro atoms. The Kier molecular flexibility index (Phi) is 6.98. The first-order valence-electron chi connectivity index (χ1n) is 4.42. The summed E-state index contributed by atoms with van der Waals surface area (Å²) in [5.41, 5.74) is 0. The Bertz CT molecular complexity index is 258. The van der Waals surface area contributed by atoms with Crippen LogP contribution in [-0.4, -0.2) is 34.9 Å². The second-order valence-electron chi connectivity index (χ2n) is 2.46. The van der Waals surface area contributed by atoms with Gasteiger partial charge in [-0.1, -0.05) is 24.4 Å². The molecule has 0 amide bonds. The summed E-state index contributed by atoms with van der Waals surface area (Å²) in [6.07, 6.45) is -0.0671. The second kappa shape index (κ2) is 7.42. The molecule has 0 rings (SSSR count). The SMILES string of the molecule is CCOC(=O)C(=S)CC(=S)C(=O)OCC. The van der Waals surface area contributed by atoms with E-state index in [-0.39, 0.29) is 29.4 Å². The van der Waals surface area contributed by atoms with Crippen molar-refractivity contribution < 1.29 is 19.1 Å². The third kappa shape index (κ3) is 5.54. The van der Waals surface area contributed by atoms with E-state index in [2.05, 4.69) is 9.47 Å². The minimum Gasteiger partial charge on any atom is -0.462 e. The summed E-state index contributed by atoms with van der Waals surface area (Å²) in [4.78, 5) is 22.2. The number of thiocarbonyl (C=S) groups is 2. The maximum Gasteiger partial charge on any atom is 0.345 e. The molecule has 0 aliphatic carbocycles. The van der Waals surface area contributed by atoms with Crippen molar-refractivity contribution in [3.8, 4) is 0 Å². The summed E-state index contributed by atoms with van der Waals surface area (Å²) in [5, 5.41) is 0. The predicted octanol–water partition coefficient (Wildman–Crippen LogP) is 1.24. The van der Waals surface area contributed by atoms with Gasteiger partial charge in [-0.25, -0.2) is 9.59 Å². The van der Waals surface area contributed by atoms with Crippen LogP contribution in [0.5, 0.6) is 0 Å². The zero-order valence-electron chi connectivity index (χ0n) is 8.57. The van der Waals surface area contributed by atoms with Crippen molar-refractivity contribution in [3.05, 3.63) is 0 Å². The number of carbonyl (C=O) groups is 2. The molecule has 84 valence electrons. The summed E-state index contributed by atoms with van der Waals surface area (Å²) < 4.78 is 9.30. The molecule has 0 aliphatic rings. The highest BCUT2D eigenvalue weighted by atomic mass is 32.1. The van der Waals surface area contributed by atoms with E-state index in [1.54, 1.807) is 13.8 Å². The van der Waals surface area contributed by atoms with Crippen molar-refractivity contribution in [2.24, 2.45) is 0 Å². The van der Waals surface area contributed by atoms with Crippen molar-refractivity contribution in [2.45, 2.75) is 20.3 Å². The van der Waals surface area contributed by atoms with Crippen LogP contribution in [0.3, 0.4) is 0 Å². The van der Waals surface area contributed by atoms with Gasteiger partial charge in [0.15, 0.2) is 0 Å². The van der Waals surface area contributed by atoms with Crippen LogP contribution >= 0.6 is 24.4 Å². The molecule has 0 bridgehead atoms. The van der Waals surface area contributed by atoms with Crippen LogP contribution in [0.15, 0.2) is 0 Å². The van der Waals surface area contributed by atoms with Crippen LogP contribution in [0.2, 0.25) is 0 Å². The van der Waals surface area contributed by atoms with Gasteiger partial charge >= 0.3 is 11.9 Å². The van der Waals surface area contributed by atoms with Gasteiger partial charge in [0, 0.05) is 6.42 Å². The number of carbonyl (C=O) groups excluding carboxylic acids is 2. The molecule has 0 fully saturated rings. The lowest BCUT2D eigenvalue weighted by atomic mass is 10.2. The van der Waals surface area contributed by atoms with Gasteiger partial charge in [-0.05, 0) is 13.8 Å². The van der Waals surface area contributed by atoms with Crippen LogP contribution in [0.1, 0.15) is 20.3 Å². The first-order chi connectivity index (χ1) is 7.02. The Morgan fingerprint density at radius 2 is 1.27 bits per heavy atom. The molecule has 0 saturated heterocycles. The zero-order valence-corrected chi connectivity index (χ0v) is 10.2. The largest absolute Gasteiger partial charge is 0.462 e. The average Bonchev–Trinajstić information content (AvgIpc) is 2.18. The highest BCUT2D eigenvalue weighted by Crippen LogP contribution is 1.97. The third-order valence-corrected chi connectivity index (χ3v) is 1.95. The number of hydrogen-bond acceptors (Lipinski definition) is 6. The first-order valence-corrected chi connectivity index (χ1v) is 5.24. The Labute approximate surface area is 98.9 Å². The minimum atomic E-state index is -0.612. The molecule has 0 aromatic rings. The van der Waals surface area contributed by atoms with Gasteiger partial charge in [0.1, 0.15) is 9.73 Å². The van der Waals surface area contributed by atoms with E-state index in [9.17, 15) is 9.59 Å². The molecule has 0 radical (unpaired) electrons. The summed E-state index contributed by atoms with van der Waals surface area (Å²) in [6, 6.07) is 0. The van der Waals surface area contributed by atoms with Gasteiger partial charge in [-0.15, -0.1) is 0 Å². The van der Waals surface area contributed by atoms with E-state index in [1.807, 2.05) is 0 Å². The Balaban J connectivity index is 4.12. The molecule has 0 atom stereocenters. The van der Waals surface area contributed by atoms with E-state index in [1.165, 1.54) is 0 Å². The van der Waals surface area contributed by atoms with Gasteiger partial charge in [0.25, 0.3) is 0 Å². The third-order valence-electron chi connectivity index (χ3n) is 1.33. The minimum absolute atomic E-state index is 0.00472. The zero-order chi connectivity index (χ0) is 11.8. The fourth-order valence-corrected chi connectivity index (χ4v) is 1.21. The van der Waals surface area contributed by atoms with Gasteiger partial charge in [0.2, 0.25) is 0 Å². The van der Waals surface area contributed by atoms with Crippen molar-refractivity contribution in [1.82, 2.24) is 0 Å². The Morgan fingerprint density at radius 3 is 1.53 bits per heavy atom. The van der Waals surface area contributed by atoms with Crippen molar-refractivity contribution in [3.63, 3.8) is 0 Å². The second-order valence-corrected chi connectivity index (χ2v) is 3.45. The maximum absolute atomic E-state index is 11.1. The number of rotatable bonds is 6. The molecular formula is C9H12O4S2. The highest BCUT2D eigenvalue weighted by Gasteiger charge is 2.17. The summed E-state index contributed by atoms with van der Waals surface area (Å²) in [5.74, 6) is -1.22. The number of hydrogen-bond donors (Lipinski definition) is 0. The van der Waals surface area contributed by atoms with E-state index >= 15 is 0 Å². The molecule has 0 aliphatic heterocycles. The molecule has 0 aromatic carbocycles. The molecule has 15 heavy (non-hydrogen) atoms. The van der Waals surface area contributed by atoms with Crippen LogP contribution < -0.4 is 0 Å². The first kappa shape index (κ1) is 14.1. The molecule has 0 saturated carbocycles. The van der Waals surface area contributed by atoms with Crippen LogP contribution in [0.4, 0.5) is 0 Å². The molecular weight excluding hydrogens is 236 g/mol. The normalized spacial score (nSPS) is 9.20. The Hall–Kier alpha value is -0.880. The van der Waals surface area contributed by atoms with Crippen molar-refractivity contribution >= 4 is 46.1 Å². The van der Waals surface area contributed by atoms with Crippen LogP contribution in [0, 0.1) is 0 Å². The standard InChI is InChI=1S/C9H12O4S2/c1-3-12-8(10)6(14)5-7(15)9(11)13-4-2/h3-5H2,1-2H3. The topological polar surface area (TPSA) is 52.6 Å². The fraction of sp³-hybridized carbons (Fsp3) is 0.556. The quantitative estimate of drug-likeness (QED) is 0.521. The van der Waals surface area contributed by atoms with E-state index in [0.29, 0.717) is 0 Å². The van der Waals surface area contributed by atoms with E-state index in [4.69, 9.17) is 24.4 Å². The van der Waals surface area contributed by atoms with E-state index in [0.717, 1.165) is 0 Å². The van der Waals surface area contributed by atoms with Gasteiger partial charge in [0.05, 0.1) is 13.2 Å².